The van der Waals surface area contributed by atoms with Crippen molar-refractivity contribution in [2.24, 2.45) is 0 Å². The van der Waals surface area contributed by atoms with E-state index in [1.807, 2.05) is 24.0 Å². The van der Waals surface area contributed by atoms with Crippen LogP contribution in [0.25, 0.3) is 5.57 Å². The number of rotatable bonds is 3. The molecule has 1 aromatic carbocycles. The summed E-state index contributed by atoms with van der Waals surface area (Å²) in [4.78, 5) is 8.36. The average Bonchev–Trinajstić information content (AvgIpc) is 2.96. The van der Waals surface area contributed by atoms with Gasteiger partial charge >= 0.3 is 0 Å². The minimum absolute atomic E-state index is 0.0624. The van der Waals surface area contributed by atoms with Gasteiger partial charge in [-0.15, -0.1) is 11.8 Å². The Bertz CT molecular complexity index is 867. The predicted molar refractivity (Wildman–Crippen MR) is 113 cm³/mol. The van der Waals surface area contributed by atoms with E-state index < -0.39 is 0 Å². The van der Waals surface area contributed by atoms with Gasteiger partial charge in [0, 0.05) is 34.5 Å². The van der Waals surface area contributed by atoms with Gasteiger partial charge in [0.2, 0.25) is 0 Å². The fraction of sp³-hybridized carbons (Fsp3) is 0.348. The van der Waals surface area contributed by atoms with Crippen LogP contribution < -0.4 is 0 Å². The van der Waals surface area contributed by atoms with Crippen LogP contribution in [0.15, 0.2) is 71.3 Å². The van der Waals surface area contributed by atoms with Crippen LogP contribution >= 0.6 is 11.8 Å². The summed E-state index contributed by atoms with van der Waals surface area (Å²) >= 11 is 1.87. The molecule has 27 heavy (non-hydrogen) atoms. The Morgan fingerprint density at radius 3 is 2.74 bits per heavy atom. The molecule has 1 aliphatic heterocycles. The molecule has 0 fully saturated rings. The first-order valence-corrected chi connectivity index (χ1v) is 10.4. The number of aromatic nitrogens is 1. The zero-order valence-corrected chi connectivity index (χ0v) is 17.0. The lowest BCUT2D eigenvalue weighted by molar-refractivity contribution is -0.0308. The number of thioether (sulfide) groups is 1. The molecular weight excluding hydrogens is 352 g/mol. The normalized spacial score (nSPS) is 20.2. The van der Waals surface area contributed by atoms with Gasteiger partial charge in [0.05, 0.1) is 5.69 Å². The van der Waals surface area contributed by atoms with Gasteiger partial charge in [0.1, 0.15) is 12.8 Å². The van der Waals surface area contributed by atoms with E-state index in [9.17, 15) is 0 Å². The maximum Gasteiger partial charge on any atom is 0.121 e. The smallest absolute Gasteiger partial charge is 0.121 e. The van der Waals surface area contributed by atoms with Crippen molar-refractivity contribution in [3.05, 3.63) is 77.6 Å². The lowest BCUT2D eigenvalue weighted by Crippen LogP contribution is -2.43. The van der Waals surface area contributed by atoms with Crippen molar-refractivity contribution in [3.63, 3.8) is 0 Å². The van der Waals surface area contributed by atoms with Crippen LogP contribution in [-0.2, 0) is 4.74 Å². The summed E-state index contributed by atoms with van der Waals surface area (Å²) in [5.41, 5.74) is 4.94. The highest BCUT2D eigenvalue weighted by molar-refractivity contribution is 7.99. The van der Waals surface area contributed by atoms with Gasteiger partial charge in [-0.05, 0) is 56.2 Å². The SMILES string of the molecule is CC(C)(C)N1CO[C@H]2C=C(C=C(CSc3ccccc3)c3cccnc32)C1. The molecule has 3 nitrogen and oxygen atoms in total. The summed E-state index contributed by atoms with van der Waals surface area (Å²) in [7, 11) is 0. The zero-order valence-electron chi connectivity index (χ0n) is 16.2. The second-order valence-corrected chi connectivity index (χ2v) is 9.08. The molecule has 0 unspecified atom stereocenters. The van der Waals surface area contributed by atoms with Gasteiger partial charge in [-0.3, -0.25) is 9.88 Å². The Morgan fingerprint density at radius 1 is 1.15 bits per heavy atom. The largest absolute Gasteiger partial charge is 0.352 e. The lowest BCUT2D eigenvalue weighted by atomic mass is 10.0. The van der Waals surface area contributed by atoms with Crippen molar-refractivity contribution < 1.29 is 4.74 Å². The monoisotopic (exact) mass is 378 g/mol. The molecule has 0 radical (unpaired) electrons. The van der Waals surface area contributed by atoms with Gasteiger partial charge < -0.3 is 4.74 Å². The third kappa shape index (κ3) is 4.18. The fourth-order valence-electron chi connectivity index (χ4n) is 3.43. The van der Waals surface area contributed by atoms with E-state index in [2.05, 4.69) is 74.2 Å². The number of nitrogens with zero attached hydrogens (tertiary/aromatic N) is 2. The Labute approximate surface area is 166 Å². The highest BCUT2D eigenvalue weighted by Gasteiger charge is 2.30. The molecule has 0 spiro atoms. The standard InChI is InChI=1S/C23H26N2OS/c1-23(2,3)25-14-17-12-18(15-27-19-8-5-4-6-9-19)20-10-7-11-24-22(20)21(13-17)26-16-25/h4-13,21H,14-16H2,1-3H3/t21-/m0/s1. The Hall–Kier alpha value is -1.88. The Kier molecular flexibility index (Phi) is 5.22. The van der Waals surface area contributed by atoms with Crippen LogP contribution in [0.5, 0.6) is 0 Å². The second kappa shape index (κ2) is 7.63. The number of fused-ring (bicyclic) bond motifs is 3. The number of hydrogen-bond donors (Lipinski definition) is 0. The quantitative estimate of drug-likeness (QED) is 0.675. The summed E-state index contributed by atoms with van der Waals surface area (Å²) in [5.74, 6) is 0.919. The van der Waals surface area contributed by atoms with E-state index >= 15 is 0 Å². The maximum absolute atomic E-state index is 6.28. The molecule has 4 heteroatoms. The van der Waals surface area contributed by atoms with Gasteiger partial charge in [-0.25, -0.2) is 0 Å². The van der Waals surface area contributed by atoms with Gasteiger partial charge in [-0.2, -0.15) is 0 Å². The maximum atomic E-state index is 6.28. The van der Waals surface area contributed by atoms with E-state index in [1.54, 1.807) is 0 Å². The Morgan fingerprint density at radius 2 is 1.96 bits per heavy atom. The van der Waals surface area contributed by atoms with Crippen molar-refractivity contribution in [1.82, 2.24) is 9.88 Å². The number of hydrogen-bond acceptors (Lipinski definition) is 4. The fourth-order valence-corrected chi connectivity index (χ4v) is 4.34. The van der Waals surface area contributed by atoms with Crippen LogP contribution in [0.1, 0.15) is 38.1 Å². The summed E-state index contributed by atoms with van der Waals surface area (Å²) in [5, 5.41) is 0. The molecule has 140 valence electrons. The van der Waals surface area contributed by atoms with Gasteiger partial charge in [0.25, 0.3) is 0 Å². The summed E-state index contributed by atoms with van der Waals surface area (Å²) in [6, 6.07) is 14.8. The molecule has 1 aliphatic carbocycles. The minimum Gasteiger partial charge on any atom is -0.352 e. The van der Waals surface area contributed by atoms with Gasteiger partial charge in [-0.1, -0.05) is 30.3 Å². The van der Waals surface area contributed by atoms with E-state index in [-0.39, 0.29) is 11.6 Å². The first-order chi connectivity index (χ1) is 13.0. The highest BCUT2D eigenvalue weighted by Crippen LogP contribution is 2.37. The van der Waals surface area contributed by atoms with Crippen LogP contribution in [0.3, 0.4) is 0 Å². The number of pyridine rings is 1. The average molecular weight is 379 g/mol. The van der Waals surface area contributed by atoms with Crippen molar-refractivity contribution in [3.8, 4) is 0 Å². The van der Waals surface area contributed by atoms with Crippen molar-refractivity contribution in [2.45, 2.75) is 37.3 Å². The first kappa shape index (κ1) is 18.5. The third-order valence-corrected chi connectivity index (χ3v) is 6.11. The van der Waals surface area contributed by atoms with Crippen molar-refractivity contribution in [2.75, 3.05) is 19.0 Å². The molecule has 0 saturated carbocycles. The molecule has 1 aromatic heterocycles. The topological polar surface area (TPSA) is 25.4 Å². The minimum atomic E-state index is -0.0842. The van der Waals surface area contributed by atoms with Crippen LogP contribution in [0.4, 0.5) is 0 Å². The van der Waals surface area contributed by atoms with E-state index in [4.69, 9.17) is 9.72 Å². The lowest BCUT2D eigenvalue weighted by Gasteiger charge is -2.35. The molecule has 0 saturated heterocycles. The van der Waals surface area contributed by atoms with Gasteiger partial charge in [0.15, 0.2) is 0 Å². The summed E-state index contributed by atoms with van der Waals surface area (Å²) in [6.45, 7) is 8.23. The molecule has 2 heterocycles. The number of benzene rings is 1. The van der Waals surface area contributed by atoms with E-state index in [1.165, 1.54) is 21.6 Å². The molecule has 2 aromatic rings. The molecule has 1 atom stereocenters. The van der Waals surface area contributed by atoms with Crippen LogP contribution in [0.2, 0.25) is 0 Å². The van der Waals surface area contributed by atoms with Crippen LogP contribution in [0, 0.1) is 0 Å². The molecular formula is C23H26N2OS. The summed E-state index contributed by atoms with van der Waals surface area (Å²) in [6.07, 6.45) is 6.39. The van der Waals surface area contributed by atoms with Crippen molar-refractivity contribution in [1.29, 1.82) is 0 Å². The molecule has 2 aliphatic rings. The van der Waals surface area contributed by atoms with E-state index in [0.29, 0.717) is 6.73 Å². The van der Waals surface area contributed by atoms with Crippen LogP contribution in [-0.4, -0.2) is 34.5 Å². The Balaban J connectivity index is 1.67. The molecule has 2 bridgehead atoms. The third-order valence-electron chi connectivity index (χ3n) is 5.05. The highest BCUT2D eigenvalue weighted by atomic mass is 32.2. The number of ether oxygens (including phenoxy) is 1. The zero-order chi connectivity index (χ0) is 18.9. The predicted octanol–water partition coefficient (Wildman–Crippen LogP) is 5.33. The second-order valence-electron chi connectivity index (χ2n) is 8.03. The molecule has 0 amide bonds. The molecule has 0 N–H and O–H groups in total. The van der Waals surface area contributed by atoms with Crippen molar-refractivity contribution >= 4 is 17.3 Å². The summed E-state index contributed by atoms with van der Waals surface area (Å²) < 4.78 is 6.28. The molecule has 4 rings (SSSR count). The first-order valence-electron chi connectivity index (χ1n) is 9.42. The van der Waals surface area contributed by atoms with E-state index in [0.717, 1.165) is 18.0 Å².